The van der Waals surface area contributed by atoms with Gasteiger partial charge in [0.1, 0.15) is 6.54 Å². The highest BCUT2D eigenvalue weighted by Gasteiger charge is 2.27. The Kier molecular flexibility index (Phi) is 10.5. The number of guanidine groups is 1. The van der Waals surface area contributed by atoms with E-state index in [1.54, 1.807) is 19.0 Å². The monoisotopic (exact) mass is 355 g/mol. The second-order valence-corrected chi connectivity index (χ2v) is 6.66. The van der Waals surface area contributed by atoms with Crippen LogP contribution in [0, 0.1) is 5.92 Å². The second kappa shape index (κ2) is 12.1. The van der Waals surface area contributed by atoms with Crippen molar-refractivity contribution in [3.05, 3.63) is 0 Å². The van der Waals surface area contributed by atoms with E-state index in [0.717, 1.165) is 52.2 Å². The molecule has 1 unspecified atom stereocenters. The van der Waals surface area contributed by atoms with Gasteiger partial charge in [0, 0.05) is 46.3 Å². The number of carbonyl (C=O) groups is 1. The van der Waals surface area contributed by atoms with Gasteiger partial charge in [-0.2, -0.15) is 0 Å². The van der Waals surface area contributed by atoms with Crippen molar-refractivity contribution in [2.45, 2.75) is 39.7 Å². The van der Waals surface area contributed by atoms with E-state index in [0.29, 0.717) is 17.9 Å². The minimum absolute atomic E-state index is 0.00178. The lowest BCUT2D eigenvalue weighted by Gasteiger charge is -2.39. The summed E-state index contributed by atoms with van der Waals surface area (Å²) in [5.41, 5.74) is 0. The van der Waals surface area contributed by atoms with Gasteiger partial charge in [0.2, 0.25) is 5.91 Å². The molecule has 0 aromatic carbocycles. The molecule has 7 nitrogen and oxygen atoms in total. The number of morpholine rings is 1. The molecule has 0 saturated carbocycles. The maximum absolute atomic E-state index is 11.8. The number of carbonyl (C=O) groups excluding carboxylic acids is 1. The van der Waals surface area contributed by atoms with Gasteiger partial charge in [-0.25, -0.2) is 4.99 Å². The molecule has 0 bridgehead atoms. The first-order valence-corrected chi connectivity index (χ1v) is 9.57. The Labute approximate surface area is 153 Å². The molecule has 146 valence electrons. The summed E-state index contributed by atoms with van der Waals surface area (Å²) in [6.45, 7) is 11.9. The third-order valence-electron chi connectivity index (χ3n) is 4.80. The molecule has 0 aromatic heterocycles. The molecule has 1 amide bonds. The fourth-order valence-electron chi connectivity index (χ4n) is 3.17. The second-order valence-electron chi connectivity index (χ2n) is 6.66. The third kappa shape index (κ3) is 7.61. The first-order valence-electron chi connectivity index (χ1n) is 9.57. The quantitative estimate of drug-likeness (QED) is 0.472. The minimum atomic E-state index is 0.00178. The molecule has 1 saturated heterocycles. The molecule has 1 rings (SSSR count). The minimum Gasteiger partial charge on any atom is -0.379 e. The van der Waals surface area contributed by atoms with E-state index in [1.807, 2.05) is 6.92 Å². The Hall–Kier alpha value is -1.34. The van der Waals surface area contributed by atoms with Crippen molar-refractivity contribution in [1.29, 1.82) is 0 Å². The molecule has 7 heteroatoms. The van der Waals surface area contributed by atoms with Crippen molar-refractivity contribution in [3.8, 4) is 0 Å². The highest BCUT2D eigenvalue weighted by Crippen LogP contribution is 2.19. The summed E-state index contributed by atoms with van der Waals surface area (Å²) in [5.74, 6) is 1.35. The van der Waals surface area contributed by atoms with Crippen molar-refractivity contribution in [3.63, 3.8) is 0 Å². The van der Waals surface area contributed by atoms with Gasteiger partial charge < -0.3 is 20.3 Å². The lowest BCUT2D eigenvalue weighted by Crippen LogP contribution is -2.53. The molecule has 1 heterocycles. The van der Waals surface area contributed by atoms with Crippen molar-refractivity contribution in [2.24, 2.45) is 10.9 Å². The van der Waals surface area contributed by atoms with E-state index < -0.39 is 0 Å². The molecule has 0 aliphatic carbocycles. The molecule has 1 aliphatic rings. The third-order valence-corrected chi connectivity index (χ3v) is 4.80. The van der Waals surface area contributed by atoms with Gasteiger partial charge >= 0.3 is 0 Å². The number of nitrogens with one attached hydrogen (secondary N) is 2. The van der Waals surface area contributed by atoms with Crippen LogP contribution in [0.3, 0.4) is 0 Å². The molecule has 0 aromatic rings. The Morgan fingerprint density at radius 3 is 2.32 bits per heavy atom. The summed E-state index contributed by atoms with van der Waals surface area (Å²) in [7, 11) is 3.50. The largest absolute Gasteiger partial charge is 0.379 e. The van der Waals surface area contributed by atoms with Crippen LogP contribution in [-0.2, 0) is 9.53 Å². The highest BCUT2D eigenvalue weighted by molar-refractivity contribution is 5.84. The van der Waals surface area contributed by atoms with Gasteiger partial charge in [-0.1, -0.05) is 26.7 Å². The van der Waals surface area contributed by atoms with Crippen molar-refractivity contribution in [1.82, 2.24) is 20.4 Å². The summed E-state index contributed by atoms with van der Waals surface area (Å²) >= 11 is 0. The first kappa shape index (κ1) is 21.7. The number of amides is 1. The topological polar surface area (TPSA) is 69.2 Å². The fourth-order valence-corrected chi connectivity index (χ4v) is 3.17. The Morgan fingerprint density at radius 2 is 1.80 bits per heavy atom. The van der Waals surface area contributed by atoms with E-state index in [-0.39, 0.29) is 12.5 Å². The number of rotatable bonds is 9. The summed E-state index contributed by atoms with van der Waals surface area (Å²) in [6.07, 6.45) is 2.32. The molecule has 1 fully saturated rings. The van der Waals surface area contributed by atoms with Crippen LogP contribution in [0.5, 0.6) is 0 Å². The number of hydrogen-bond acceptors (Lipinski definition) is 4. The van der Waals surface area contributed by atoms with Crippen LogP contribution in [0.2, 0.25) is 0 Å². The van der Waals surface area contributed by atoms with Gasteiger partial charge in [-0.15, -0.1) is 0 Å². The van der Waals surface area contributed by atoms with Gasteiger partial charge in [-0.05, 0) is 12.8 Å². The van der Waals surface area contributed by atoms with Crippen LogP contribution in [-0.4, -0.2) is 87.7 Å². The maximum atomic E-state index is 11.8. The Bertz CT molecular complexity index is 404. The molecular formula is C18H37N5O2. The maximum Gasteiger partial charge on any atom is 0.243 e. The summed E-state index contributed by atoms with van der Waals surface area (Å²) in [4.78, 5) is 20.3. The number of hydrogen-bond donors (Lipinski definition) is 2. The van der Waals surface area contributed by atoms with Gasteiger partial charge in [0.25, 0.3) is 0 Å². The molecule has 25 heavy (non-hydrogen) atoms. The molecule has 2 N–H and O–H groups in total. The predicted molar refractivity (Wildman–Crippen MR) is 103 cm³/mol. The zero-order valence-corrected chi connectivity index (χ0v) is 16.7. The molecular weight excluding hydrogens is 318 g/mol. The van der Waals surface area contributed by atoms with Crippen molar-refractivity contribution < 1.29 is 9.53 Å². The van der Waals surface area contributed by atoms with Gasteiger partial charge in [-0.3, -0.25) is 9.69 Å². The average molecular weight is 356 g/mol. The molecule has 1 aliphatic heterocycles. The summed E-state index contributed by atoms with van der Waals surface area (Å²) in [5, 5.41) is 6.68. The van der Waals surface area contributed by atoms with Crippen LogP contribution >= 0.6 is 0 Å². The van der Waals surface area contributed by atoms with Crippen LogP contribution < -0.4 is 10.6 Å². The van der Waals surface area contributed by atoms with Crippen molar-refractivity contribution in [2.75, 3.05) is 60.0 Å². The van der Waals surface area contributed by atoms with E-state index >= 15 is 0 Å². The Balaban J connectivity index is 2.72. The van der Waals surface area contributed by atoms with E-state index in [9.17, 15) is 4.79 Å². The number of aliphatic imine (C=N–C) groups is 1. The molecule has 0 spiro atoms. The fraction of sp³-hybridized carbons (Fsp3) is 0.889. The van der Waals surface area contributed by atoms with Gasteiger partial charge in [0.15, 0.2) is 5.96 Å². The standard InChI is InChI=1S/C18H37N5O2/c1-6-15(7-2)16(23-9-11-25-12-10-23)13-20-18(19-8-3)21-14-17(24)22(4)5/h15-16H,6-14H2,1-5H3,(H2,19,20,21). The average Bonchev–Trinajstić information content (AvgIpc) is 2.63. The molecule has 1 atom stereocenters. The lowest BCUT2D eigenvalue weighted by atomic mass is 9.92. The Morgan fingerprint density at radius 1 is 1.16 bits per heavy atom. The van der Waals surface area contributed by atoms with Crippen LogP contribution in [0.25, 0.3) is 0 Å². The number of nitrogens with zero attached hydrogens (tertiary/aromatic N) is 3. The van der Waals surface area contributed by atoms with Gasteiger partial charge in [0.05, 0.1) is 13.2 Å². The van der Waals surface area contributed by atoms with Crippen LogP contribution in [0.1, 0.15) is 33.6 Å². The highest BCUT2D eigenvalue weighted by atomic mass is 16.5. The van der Waals surface area contributed by atoms with E-state index in [2.05, 4.69) is 34.4 Å². The van der Waals surface area contributed by atoms with E-state index in [4.69, 9.17) is 4.74 Å². The number of likely N-dealkylation sites (N-methyl/N-ethyl adjacent to an activating group) is 1. The zero-order valence-electron chi connectivity index (χ0n) is 16.7. The lowest BCUT2D eigenvalue weighted by molar-refractivity contribution is -0.127. The molecule has 0 radical (unpaired) electrons. The smallest absolute Gasteiger partial charge is 0.243 e. The first-order chi connectivity index (χ1) is 12.0. The summed E-state index contributed by atoms with van der Waals surface area (Å²) in [6, 6.07) is 0.451. The SMILES string of the molecule is CCNC(=NCC(=O)N(C)C)NCC(C(CC)CC)N1CCOCC1. The van der Waals surface area contributed by atoms with E-state index in [1.165, 1.54) is 0 Å². The normalized spacial score (nSPS) is 17.4. The zero-order chi connectivity index (χ0) is 18.7. The number of ether oxygens (including phenoxy) is 1. The van der Waals surface area contributed by atoms with Crippen LogP contribution in [0.15, 0.2) is 4.99 Å². The van der Waals surface area contributed by atoms with Crippen molar-refractivity contribution >= 4 is 11.9 Å². The summed E-state index contributed by atoms with van der Waals surface area (Å²) < 4.78 is 5.51. The van der Waals surface area contributed by atoms with Crippen LogP contribution in [0.4, 0.5) is 0 Å². The predicted octanol–water partition coefficient (Wildman–Crippen LogP) is 0.767.